The van der Waals surface area contributed by atoms with Gasteiger partial charge in [0.1, 0.15) is 11.6 Å². The summed E-state index contributed by atoms with van der Waals surface area (Å²) in [6.07, 6.45) is 4.47. The summed E-state index contributed by atoms with van der Waals surface area (Å²) in [5, 5.41) is 29.6. The van der Waals surface area contributed by atoms with Gasteiger partial charge in [-0.3, -0.25) is 5.41 Å². The summed E-state index contributed by atoms with van der Waals surface area (Å²) in [7, 11) is 1.84. The molecule has 0 saturated carbocycles. The number of hydrogen-bond donors (Lipinski definition) is 4. The fraction of sp³-hybridized carbons (Fsp3) is 0.500. The molecule has 0 atom stereocenters. The summed E-state index contributed by atoms with van der Waals surface area (Å²) in [6.45, 7) is 8.54. The molecule has 1 aliphatic heterocycles. The number of halogens is 2. The number of aromatic hydroxyl groups is 1. The molecule has 5 nitrogen and oxygen atoms in total. The Morgan fingerprint density at radius 2 is 1.63 bits per heavy atom. The average Bonchev–Trinajstić information content (AvgIpc) is 2.52. The van der Waals surface area contributed by atoms with E-state index < -0.39 is 17.4 Å². The number of phenols is 1. The predicted molar refractivity (Wildman–Crippen MR) is 104 cm³/mol. The minimum atomic E-state index is -1.17. The Balaban J connectivity index is 2.12. The van der Waals surface area contributed by atoms with E-state index >= 15 is 0 Å². The third-order valence-electron chi connectivity index (χ3n) is 4.83. The second-order valence-corrected chi connectivity index (χ2v) is 8.48. The van der Waals surface area contributed by atoms with Crippen LogP contribution in [-0.2, 0) is 0 Å². The molecule has 2 rings (SSSR count). The number of nitrogens with one attached hydrogen (secondary N) is 3. The van der Waals surface area contributed by atoms with Gasteiger partial charge >= 0.3 is 0 Å². The lowest BCUT2D eigenvalue weighted by Gasteiger charge is -2.49. The molecule has 0 aliphatic carbocycles. The number of amidine groups is 1. The number of benzene rings is 1. The molecule has 0 aromatic heterocycles. The molecule has 1 aliphatic rings. The van der Waals surface area contributed by atoms with Crippen LogP contribution in [0.3, 0.4) is 0 Å². The van der Waals surface area contributed by atoms with Gasteiger partial charge in [0.05, 0.1) is 5.71 Å². The van der Waals surface area contributed by atoms with Crippen molar-refractivity contribution in [1.29, 1.82) is 10.8 Å². The molecule has 148 valence electrons. The van der Waals surface area contributed by atoms with E-state index in [-0.39, 0.29) is 34.2 Å². The van der Waals surface area contributed by atoms with Crippen molar-refractivity contribution in [1.82, 2.24) is 10.2 Å². The van der Waals surface area contributed by atoms with Crippen molar-refractivity contribution < 1.29 is 13.9 Å². The highest BCUT2D eigenvalue weighted by Crippen LogP contribution is 2.31. The van der Waals surface area contributed by atoms with Crippen molar-refractivity contribution in [2.24, 2.45) is 0 Å². The summed E-state index contributed by atoms with van der Waals surface area (Å²) in [5.41, 5.74) is -0.441. The molecule has 1 fully saturated rings. The maximum Gasteiger partial charge on any atom is 0.162 e. The summed E-state index contributed by atoms with van der Waals surface area (Å²) in [6, 6.07) is 1.57. The van der Waals surface area contributed by atoms with Gasteiger partial charge in [-0.2, -0.15) is 0 Å². The molecule has 1 aromatic carbocycles. The first-order chi connectivity index (χ1) is 12.3. The lowest BCUT2D eigenvalue weighted by atomic mass is 9.79. The van der Waals surface area contributed by atoms with E-state index in [2.05, 4.69) is 33.0 Å². The van der Waals surface area contributed by atoms with E-state index in [4.69, 9.17) is 10.8 Å². The third-order valence-corrected chi connectivity index (χ3v) is 4.83. The summed E-state index contributed by atoms with van der Waals surface area (Å²) < 4.78 is 26.5. The molecule has 0 radical (unpaired) electrons. The van der Waals surface area contributed by atoms with Crippen LogP contribution in [0.1, 0.15) is 46.1 Å². The zero-order chi connectivity index (χ0) is 20.6. The quantitative estimate of drug-likeness (QED) is 0.475. The molecule has 0 amide bonds. The molecule has 0 unspecified atom stereocenters. The van der Waals surface area contributed by atoms with Crippen LogP contribution >= 0.6 is 0 Å². The minimum Gasteiger partial charge on any atom is -0.507 e. The van der Waals surface area contributed by atoms with Crippen molar-refractivity contribution in [2.75, 3.05) is 7.05 Å². The smallest absolute Gasteiger partial charge is 0.162 e. The van der Waals surface area contributed by atoms with Crippen LogP contribution in [0.25, 0.3) is 0 Å². The Labute approximate surface area is 159 Å². The Hall–Kier alpha value is -2.28. The Bertz CT molecular complexity index is 770. The van der Waals surface area contributed by atoms with Gasteiger partial charge in [-0.1, -0.05) is 0 Å². The second kappa shape index (κ2) is 7.38. The SMILES string of the molecule is CN(C(=N)/C=C\C(=N)c1cc(F)c(F)cc1O)C1CC(C)(C)NC(C)(C)C1. The van der Waals surface area contributed by atoms with Gasteiger partial charge in [-0.15, -0.1) is 0 Å². The Morgan fingerprint density at radius 1 is 1.11 bits per heavy atom. The van der Waals surface area contributed by atoms with Crippen molar-refractivity contribution in [3.05, 3.63) is 41.5 Å². The van der Waals surface area contributed by atoms with Crippen LogP contribution in [0.5, 0.6) is 5.75 Å². The van der Waals surface area contributed by atoms with E-state index in [1.807, 2.05) is 11.9 Å². The zero-order valence-corrected chi connectivity index (χ0v) is 16.5. The van der Waals surface area contributed by atoms with Crippen molar-refractivity contribution in [2.45, 2.75) is 57.7 Å². The fourth-order valence-electron chi connectivity index (χ4n) is 3.86. The third kappa shape index (κ3) is 5.13. The lowest BCUT2D eigenvalue weighted by molar-refractivity contribution is 0.114. The molecule has 1 saturated heterocycles. The van der Waals surface area contributed by atoms with Crippen LogP contribution in [0.15, 0.2) is 24.3 Å². The van der Waals surface area contributed by atoms with Crippen LogP contribution in [-0.4, -0.2) is 45.7 Å². The lowest BCUT2D eigenvalue weighted by Crippen LogP contribution is -2.62. The standard InChI is InChI=1S/C20H28F2N4O/c1-19(2)10-12(11-20(3,4)25-19)26(5)18(24)7-6-16(23)13-8-14(21)15(22)9-17(13)27/h6-9,12,23-25,27H,10-11H2,1-5H3/b7-6-,23-16?,24-18?. The Kier molecular flexibility index (Phi) is 5.75. The summed E-state index contributed by atoms with van der Waals surface area (Å²) in [5.74, 6) is -2.60. The minimum absolute atomic E-state index is 0.0607. The van der Waals surface area contributed by atoms with Gasteiger partial charge in [-0.25, -0.2) is 8.78 Å². The number of nitrogens with zero attached hydrogens (tertiary/aromatic N) is 1. The number of hydrogen-bond acceptors (Lipinski definition) is 4. The van der Waals surface area contributed by atoms with E-state index in [9.17, 15) is 13.9 Å². The molecule has 1 heterocycles. The van der Waals surface area contributed by atoms with Gasteiger partial charge in [-0.05, 0) is 58.8 Å². The first-order valence-electron chi connectivity index (χ1n) is 8.87. The monoisotopic (exact) mass is 378 g/mol. The van der Waals surface area contributed by atoms with Crippen molar-refractivity contribution in [3.63, 3.8) is 0 Å². The van der Waals surface area contributed by atoms with Gasteiger partial charge < -0.3 is 20.7 Å². The molecule has 0 spiro atoms. The highest BCUT2D eigenvalue weighted by atomic mass is 19.2. The molecule has 0 bridgehead atoms. The maximum absolute atomic E-state index is 13.4. The molecule has 27 heavy (non-hydrogen) atoms. The van der Waals surface area contributed by atoms with E-state index in [1.165, 1.54) is 12.2 Å². The van der Waals surface area contributed by atoms with Crippen LogP contribution < -0.4 is 5.32 Å². The molecule has 4 N–H and O–H groups in total. The van der Waals surface area contributed by atoms with Crippen molar-refractivity contribution >= 4 is 11.5 Å². The summed E-state index contributed by atoms with van der Waals surface area (Å²) in [4.78, 5) is 1.86. The number of allylic oxidation sites excluding steroid dienone is 1. The number of piperidine rings is 1. The average molecular weight is 378 g/mol. The van der Waals surface area contributed by atoms with Crippen molar-refractivity contribution in [3.8, 4) is 5.75 Å². The second-order valence-electron chi connectivity index (χ2n) is 8.48. The van der Waals surface area contributed by atoms with Gasteiger partial charge in [0.2, 0.25) is 0 Å². The maximum atomic E-state index is 13.4. The van der Waals surface area contributed by atoms with Gasteiger partial charge in [0.15, 0.2) is 11.6 Å². The highest BCUT2D eigenvalue weighted by Gasteiger charge is 2.39. The topological polar surface area (TPSA) is 83.2 Å². The Morgan fingerprint density at radius 3 is 2.19 bits per heavy atom. The van der Waals surface area contributed by atoms with E-state index in [0.717, 1.165) is 18.9 Å². The predicted octanol–water partition coefficient (Wildman–Crippen LogP) is 3.81. The first kappa shape index (κ1) is 21.0. The van der Waals surface area contributed by atoms with Crippen LogP contribution in [0.2, 0.25) is 0 Å². The number of likely N-dealkylation sites (N-methyl/N-ethyl adjacent to an activating group) is 1. The number of phenolic OH excluding ortho intramolecular Hbond substituents is 1. The van der Waals surface area contributed by atoms with Crippen LogP contribution in [0.4, 0.5) is 8.78 Å². The van der Waals surface area contributed by atoms with E-state index in [0.29, 0.717) is 6.07 Å². The molecular weight excluding hydrogens is 350 g/mol. The van der Waals surface area contributed by atoms with Gasteiger partial charge in [0.25, 0.3) is 0 Å². The summed E-state index contributed by atoms with van der Waals surface area (Å²) >= 11 is 0. The molecular formula is C20H28F2N4O. The van der Waals surface area contributed by atoms with Crippen LogP contribution in [0, 0.1) is 22.5 Å². The molecule has 7 heteroatoms. The highest BCUT2D eigenvalue weighted by molar-refractivity contribution is 6.11. The van der Waals surface area contributed by atoms with Gasteiger partial charge in [0, 0.05) is 35.8 Å². The molecule has 1 aromatic rings. The first-order valence-corrected chi connectivity index (χ1v) is 8.87. The fourth-order valence-corrected chi connectivity index (χ4v) is 3.86. The zero-order valence-electron chi connectivity index (χ0n) is 16.5. The largest absolute Gasteiger partial charge is 0.507 e. The normalized spacial score (nSPS) is 19.2. The number of rotatable bonds is 4. The van der Waals surface area contributed by atoms with E-state index in [1.54, 1.807) is 0 Å².